The van der Waals surface area contributed by atoms with E-state index in [0.29, 0.717) is 16.7 Å². The molecule has 0 saturated heterocycles. The van der Waals surface area contributed by atoms with Gasteiger partial charge in [-0.1, -0.05) is 54.6 Å². The lowest BCUT2D eigenvalue weighted by Gasteiger charge is -2.16. The molecular formula is C23H18FNO2. The summed E-state index contributed by atoms with van der Waals surface area (Å²) in [6, 6.07) is 20.2. The van der Waals surface area contributed by atoms with Crippen molar-refractivity contribution >= 4 is 11.7 Å². The number of nitrogens with one attached hydrogen (secondary N) is 1. The zero-order chi connectivity index (χ0) is 18.8. The van der Waals surface area contributed by atoms with Crippen LogP contribution in [0.4, 0.5) is 4.39 Å². The first-order chi connectivity index (χ1) is 13.1. The van der Waals surface area contributed by atoms with Gasteiger partial charge in [-0.3, -0.25) is 9.59 Å². The molecule has 0 aliphatic heterocycles. The lowest BCUT2D eigenvalue weighted by Crippen LogP contribution is -2.28. The predicted molar refractivity (Wildman–Crippen MR) is 101 cm³/mol. The van der Waals surface area contributed by atoms with Crippen molar-refractivity contribution in [3.63, 3.8) is 0 Å². The first-order valence-electron chi connectivity index (χ1n) is 8.91. The molecule has 0 aromatic heterocycles. The van der Waals surface area contributed by atoms with Crippen LogP contribution in [0.3, 0.4) is 0 Å². The number of carbonyl (C=O) groups excluding carboxylic acids is 2. The molecule has 1 N–H and O–H groups in total. The predicted octanol–water partition coefficient (Wildman–Crippen LogP) is 4.47. The quantitative estimate of drug-likeness (QED) is 0.699. The van der Waals surface area contributed by atoms with Crippen LogP contribution in [0.5, 0.6) is 0 Å². The van der Waals surface area contributed by atoms with Crippen molar-refractivity contribution in [2.45, 2.75) is 18.9 Å². The van der Waals surface area contributed by atoms with Crippen LogP contribution < -0.4 is 5.32 Å². The van der Waals surface area contributed by atoms with Gasteiger partial charge in [-0.2, -0.15) is 0 Å². The second-order valence-electron chi connectivity index (χ2n) is 6.65. The molecule has 3 aromatic carbocycles. The molecule has 1 amide bonds. The fourth-order valence-corrected chi connectivity index (χ4v) is 3.60. The Bertz CT molecular complexity index is 1010. The van der Waals surface area contributed by atoms with Gasteiger partial charge in [0.05, 0.1) is 11.6 Å². The van der Waals surface area contributed by atoms with E-state index in [1.165, 1.54) is 12.1 Å². The highest BCUT2D eigenvalue weighted by molar-refractivity contribution is 6.15. The minimum Gasteiger partial charge on any atom is -0.345 e. The van der Waals surface area contributed by atoms with Gasteiger partial charge in [0.25, 0.3) is 5.91 Å². The molecule has 3 nitrogen and oxygen atoms in total. The Labute approximate surface area is 156 Å². The highest BCUT2D eigenvalue weighted by Crippen LogP contribution is 2.32. The van der Waals surface area contributed by atoms with Crippen molar-refractivity contribution in [3.05, 3.63) is 106 Å². The van der Waals surface area contributed by atoms with Gasteiger partial charge in [-0.15, -0.1) is 0 Å². The zero-order valence-corrected chi connectivity index (χ0v) is 14.6. The van der Waals surface area contributed by atoms with E-state index >= 15 is 0 Å². The number of hydrogen-bond acceptors (Lipinski definition) is 2. The van der Waals surface area contributed by atoms with Gasteiger partial charge in [0.15, 0.2) is 5.78 Å². The largest absolute Gasteiger partial charge is 0.345 e. The first-order valence-corrected chi connectivity index (χ1v) is 8.91. The fraction of sp³-hybridized carbons (Fsp3) is 0.130. The molecule has 1 atom stereocenters. The van der Waals surface area contributed by atoms with Crippen LogP contribution in [-0.2, 0) is 6.42 Å². The molecule has 0 bridgehead atoms. The van der Waals surface area contributed by atoms with E-state index in [0.717, 1.165) is 24.0 Å². The molecule has 0 fully saturated rings. The molecule has 0 radical (unpaired) electrons. The standard InChI is InChI=1S/C23H18FNO2/c24-17-11-12-18-16(14-17)10-13-21(18)25-23(27)20-9-5-4-8-19(20)22(26)15-6-2-1-3-7-15/h1-9,11-12,14,21H,10,13H2,(H,25,27). The summed E-state index contributed by atoms with van der Waals surface area (Å²) in [5, 5.41) is 3.00. The number of amides is 1. The molecule has 4 rings (SSSR count). The summed E-state index contributed by atoms with van der Waals surface area (Å²) in [6.45, 7) is 0. The van der Waals surface area contributed by atoms with Crippen molar-refractivity contribution in [1.29, 1.82) is 0 Å². The maximum absolute atomic E-state index is 13.4. The molecule has 1 aliphatic carbocycles. The van der Waals surface area contributed by atoms with E-state index in [1.807, 2.05) is 6.07 Å². The van der Waals surface area contributed by atoms with Crippen LogP contribution in [0, 0.1) is 5.82 Å². The number of fused-ring (bicyclic) bond motifs is 1. The van der Waals surface area contributed by atoms with Crippen LogP contribution in [-0.4, -0.2) is 11.7 Å². The van der Waals surface area contributed by atoms with Gasteiger partial charge in [-0.05, 0) is 42.2 Å². The average Bonchev–Trinajstić information content (AvgIpc) is 3.09. The number of rotatable bonds is 4. The summed E-state index contributed by atoms with van der Waals surface area (Å²) in [7, 11) is 0. The average molecular weight is 359 g/mol. The first kappa shape index (κ1) is 17.2. The molecule has 27 heavy (non-hydrogen) atoms. The number of halogens is 1. The van der Waals surface area contributed by atoms with Crippen LogP contribution >= 0.6 is 0 Å². The fourth-order valence-electron chi connectivity index (χ4n) is 3.60. The Morgan fingerprint density at radius 3 is 2.37 bits per heavy atom. The highest BCUT2D eigenvalue weighted by atomic mass is 19.1. The number of ketones is 1. The topological polar surface area (TPSA) is 46.2 Å². The van der Waals surface area contributed by atoms with Crippen LogP contribution in [0.25, 0.3) is 0 Å². The lowest BCUT2D eigenvalue weighted by atomic mass is 9.97. The Balaban J connectivity index is 1.60. The zero-order valence-electron chi connectivity index (χ0n) is 14.6. The Kier molecular flexibility index (Phi) is 4.55. The van der Waals surface area contributed by atoms with Crippen molar-refractivity contribution < 1.29 is 14.0 Å². The summed E-state index contributed by atoms with van der Waals surface area (Å²) < 4.78 is 13.4. The number of hydrogen-bond donors (Lipinski definition) is 1. The minimum absolute atomic E-state index is 0.173. The summed E-state index contributed by atoms with van der Waals surface area (Å²) in [6.07, 6.45) is 1.45. The second-order valence-corrected chi connectivity index (χ2v) is 6.65. The van der Waals surface area contributed by atoms with E-state index < -0.39 is 0 Å². The van der Waals surface area contributed by atoms with Gasteiger partial charge in [0.2, 0.25) is 0 Å². The van der Waals surface area contributed by atoms with Crippen molar-refractivity contribution in [3.8, 4) is 0 Å². The molecular weight excluding hydrogens is 341 g/mol. The van der Waals surface area contributed by atoms with E-state index in [1.54, 1.807) is 54.6 Å². The second kappa shape index (κ2) is 7.16. The van der Waals surface area contributed by atoms with Gasteiger partial charge in [0, 0.05) is 11.1 Å². The molecule has 3 aromatic rings. The van der Waals surface area contributed by atoms with Crippen molar-refractivity contribution in [2.24, 2.45) is 0 Å². The number of carbonyl (C=O) groups is 2. The third kappa shape index (κ3) is 3.38. The number of benzene rings is 3. The molecule has 0 heterocycles. The van der Waals surface area contributed by atoms with Gasteiger partial charge < -0.3 is 5.32 Å². The maximum Gasteiger partial charge on any atom is 0.252 e. The monoisotopic (exact) mass is 359 g/mol. The van der Waals surface area contributed by atoms with E-state index in [9.17, 15) is 14.0 Å². The Hall–Kier alpha value is -3.27. The summed E-state index contributed by atoms with van der Waals surface area (Å²) >= 11 is 0. The highest BCUT2D eigenvalue weighted by Gasteiger charge is 2.26. The van der Waals surface area contributed by atoms with Crippen LogP contribution in [0.1, 0.15) is 49.9 Å². The molecule has 0 saturated carbocycles. The van der Waals surface area contributed by atoms with Crippen LogP contribution in [0.2, 0.25) is 0 Å². The number of aryl methyl sites for hydroxylation is 1. The minimum atomic E-state index is -0.294. The maximum atomic E-state index is 13.4. The molecule has 0 spiro atoms. The van der Waals surface area contributed by atoms with Crippen molar-refractivity contribution in [2.75, 3.05) is 0 Å². The third-order valence-corrected chi connectivity index (χ3v) is 4.94. The van der Waals surface area contributed by atoms with Crippen molar-refractivity contribution in [1.82, 2.24) is 5.32 Å². The smallest absolute Gasteiger partial charge is 0.252 e. The van der Waals surface area contributed by atoms with Gasteiger partial charge in [0.1, 0.15) is 5.82 Å². The molecule has 1 unspecified atom stereocenters. The third-order valence-electron chi connectivity index (χ3n) is 4.94. The van der Waals surface area contributed by atoms with E-state index in [-0.39, 0.29) is 23.5 Å². The summed E-state index contributed by atoms with van der Waals surface area (Å²) in [5.74, 6) is -0.744. The SMILES string of the molecule is O=C(NC1CCc2cc(F)ccc21)c1ccccc1C(=O)c1ccccc1. The molecule has 134 valence electrons. The molecule has 1 aliphatic rings. The van der Waals surface area contributed by atoms with Gasteiger partial charge >= 0.3 is 0 Å². The Morgan fingerprint density at radius 2 is 1.59 bits per heavy atom. The normalized spacial score (nSPS) is 15.2. The van der Waals surface area contributed by atoms with E-state index in [4.69, 9.17) is 0 Å². The van der Waals surface area contributed by atoms with E-state index in [2.05, 4.69) is 5.32 Å². The summed E-state index contributed by atoms with van der Waals surface area (Å²) in [5.41, 5.74) is 3.13. The lowest BCUT2D eigenvalue weighted by molar-refractivity contribution is 0.0926. The van der Waals surface area contributed by atoms with Gasteiger partial charge in [-0.25, -0.2) is 4.39 Å². The Morgan fingerprint density at radius 1 is 0.889 bits per heavy atom. The summed E-state index contributed by atoms with van der Waals surface area (Å²) in [4.78, 5) is 25.7. The molecule has 4 heteroatoms. The van der Waals surface area contributed by atoms with Crippen LogP contribution in [0.15, 0.2) is 72.8 Å².